The van der Waals surface area contributed by atoms with Gasteiger partial charge < -0.3 is 5.32 Å². The Hall–Kier alpha value is -1.81. The van der Waals surface area contributed by atoms with Crippen molar-refractivity contribution in [2.75, 3.05) is 6.54 Å². The van der Waals surface area contributed by atoms with Gasteiger partial charge in [-0.1, -0.05) is 31.2 Å². The number of hydrogen-bond acceptors (Lipinski definition) is 1. The molecular formula is C17H18F3N. The van der Waals surface area contributed by atoms with E-state index in [4.69, 9.17) is 0 Å². The molecule has 2 aromatic carbocycles. The lowest BCUT2D eigenvalue weighted by atomic mass is 10.00. The van der Waals surface area contributed by atoms with E-state index in [0.29, 0.717) is 23.7 Å². The Bertz CT molecular complexity index is 585. The van der Waals surface area contributed by atoms with Crippen molar-refractivity contribution in [3.05, 3.63) is 59.4 Å². The zero-order chi connectivity index (χ0) is 15.4. The van der Waals surface area contributed by atoms with Gasteiger partial charge in [-0.3, -0.25) is 0 Å². The van der Waals surface area contributed by atoms with E-state index in [9.17, 15) is 13.2 Å². The van der Waals surface area contributed by atoms with Crippen molar-refractivity contribution in [3.8, 4) is 11.1 Å². The molecule has 0 aromatic heterocycles. The SMILES string of the molecule is CCNC(C)Cc1ccc(-c2c(F)cc(F)cc2F)cc1. The summed E-state index contributed by atoms with van der Waals surface area (Å²) in [6.45, 7) is 5.02. The summed E-state index contributed by atoms with van der Waals surface area (Å²) in [5, 5.41) is 3.30. The average Bonchev–Trinajstić information content (AvgIpc) is 2.39. The Labute approximate surface area is 122 Å². The summed E-state index contributed by atoms with van der Waals surface area (Å²) >= 11 is 0. The lowest BCUT2D eigenvalue weighted by Crippen LogP contribution is -2.27. The summed E-state index contributed by atoms with van der Waals surface area (Å²) in [5.41, 5.74) is 1.29. The highest BCUT2D eigenvalue weighted by molar-refractivity contribution is 5.65. The van der Waals surface area contributed by atoms with Crippen LogP contribution in [-0.4, -0.2) is 12.6 Å². The molecule has 0 aliphatic rings. The molecule has 112 valence electrons. The fourth-order valence-electron chi connectivity index (χ4n) is 2.40. The molecule has 1 atom stereocenters. The maximum absolute atomic E-state index is 13.7. The molecule has 2 aromatic rings. The molecule has 0 bridgehead atoms. The maximum atomic E-state index is 13.7. The first-order valence-corrected chi connectivity index (χ1v) is 6.98. The van der Waals surface area contributed by atoms with Crippen LogP contribution >= 0.6 is 0 Å². The number of nitrogens with one attached hydrogen (secondary N) is 1. The van der Waals surface area contributed by atoms with Gasteiger partial charge in [0.1, 0.15) is 17.5 Å². The molecule has 0 radical (unpaired) electrons. The van der Waals surface area contributed by atoms with Gasteiger partial charge in [0.25, 0.3) is 0 Å². The largest absolute Gasteiger partial charge is 0.314 e. The van der Waals surface area contributed by atoms with E-state index in [1.54, 1.807) is 12.1 Å². The Morgan fingerprint density at radius 3 is 2.10 bits per heavy atom. The van der Waals surface area contributed by atoms with Crippen LogP contribution in [0.25, 0.3) is 11.1 Å². The highest BCUT2D eigenvalue weighted by Crippen LogP contribution is 2.27. The molecule has 2 rings (SSSR count). The zero-order valence-corrected chi connectivity index (χ0v) is 12.1. The first-order valence-electron chi connectivity index (χ1n) is 6.98. The molecule has 0 fully saturated rings. The number of hydrogen-bond donors (Lipinski definition) is 1. The highest BCUT2D eigenvalue weighted by Gasteiger charge is 2.13. The first kappa shape index (κ1) is 15.6. The Morgan fingerprint density at radius 1 is 1.00 bits per heavy atom. The van der Waals surface area contributed by atoms with Crippen molar-refractivity contribution >= 4 is 0 Å². The molecule has 0 amide bonds. The lowest BCUT2D eigenvalue weighted by molar-refractivity contribution is 0.548. The van der Waals surface area contributed by atoms with Gasteiger partial charge in [0.2, 0.25) is 0 Å². The Balaban J connectivity index is 2.23. The van der Waals surface area contributed by atoms with E-state index in [1.165, 1.54) is 0 Å². The van der Waals surface area contributed by atoms with Crippen LogP contribution in [-0.2, 0) is 6.42 Å². The summed E-state index contributed by atoms with van der Waals surface area (Å²) in [6, 6.07) is 8.72. The van der Waals surface area contributed by atoms with Crippen LogP contribution in [0.4, 0.5) is 13.2 Å². The maximum Gasteiger partial charge on any atom is 0.136 e. The summed E-state index contributed by atoms with van der Waals surface area (Å²) in [5.74, 6) is -2.69. The molecule has 0 aliphatic heterocycles. The van der Waals surface area contributed by atoms with E-state index >= 15 is 0 Å². The lowest BCUT2D eigenvalue weighted by Gasteiger charge is -2.13. The summed E-state index contributed by atoms with van der Waals surface area (Å²) in [4.78, 5) is 0. The minimum Gasteiger partial charge on any atom is -0.314 e. The van der Waals surface area contributed by atoms with Gasteiger partial charge >= 0.3 is 0 Å². The molecule has 4 heteroatoms. The fraction of sp³-hybridized carbons (Fsp3) is 0.294. The van der Waals surface area contributed by atoms with Gasteiger partial charge in [-0.25, -0.2) is 13.2 Å². The second kappa shape index (κ2) is 6.76. The smallest absolute Gasteiger partial charge is 0.136 e. The van der Waals surface area contributed by atoms with Crippen molar-refractivity contribution in [3.63, 3.8) is 0 Å². The molecular weight excluding hydrogens is 275 g/mol. The molecule has 1 unspecified atom stereocenters. The third kappa shape index (κ3) is 3.85. The van der Waals surface area contributed by atoms with Crippen LogP contribution in [0.1, 0.15) is 19.4 Å². The normalized spacial score (nSPS) is 12.4. The third-order valence-electron chi connectivity index (χ3n) is 3.34. The van der Waals surface area contributed by atoms with Gasteiger partial charge in [0.15, 0.2) is 0 Å². The van der Waals surface area contributed by atoms with Crippen LogP contribution < -0.4 is 5.32 Å². The van der Waals surface area contributed by atoms with E-state index in [0.717, 1.165) is 18.5 Å². The average molecular weight is 293 g/mol. The topological polar surface area (TPSA) is 12.0 Å². The van der Waals surface area contributed by atoms with Crippen molar-refractivity contribution in [1.29, 1.82) is 0 Å². The first-order chi connectivity index (χ1) is 10.0. The van der Waals surface area contributed by atoms with Crippen LogP contribution in [0, 0.1) is 17.5 Å². The van der Waals surface area contributed by atoms with Crippen molar-refractivity contribution < 1.29 is 13.2 Å². The fourth-order valence-corrected chi connectivity index (χ4v) is 2.40. The molecule has 0 spiro atoms. The predicted octanol–water partition coefficient (Wildman–Crippen LogP) is 4.31. The van der Waals surface area contributed by atoms with Gasteiger partial charge in [-0.05, 0) is 31.0 Å². The molecule has 0 saturated heterocycles. The summed E-state index contributed by atoms with van der Waals surface area (Å²) in [7, 11) is 0. The van der Waals surface area contributed by atoms with E-state index in [2.05, 4.69) is 12.2 Å². The van der Waals surface area contributed by atoms with Gasteiger partial charge in [0, 0.05) is 18.2 Å². The molecule has 1 nitrogen and oxygen atoms in total. The summed E-state index contributed by atoms with van der Waals surface area (Å²) < 4.78 is 40.4. The number of likely N-dealkylation sites (N-methyl/N-ethyl adjacent to an activating group) is 1. The summed E-state index contributed by atoms with van der Waals surface area (Å²) in [6.07, 6.45) is 0.836. The van der Waals surface area contributed by atoms with Crippen LogP contribution in [0.3, 0.4) is 0 Å². The Kier molecular flexibility index (Phi) is 5.02. The number of rotatable bonds is 5. The minimum atomic E-state index is -0.912. The van der Waals surface area contributed by atoms with Crippen molar-refractivity contribution in [1.82, 2.24) is 5.32 Å². The van der Waals surface area contributed by atoms with Crippen LogP contribution in [0.15, 0.2) is 36.4 Å². The van der Waals surface area contributed by atoms with Crippen LogP contribution in [0.2, 0.25) is 0 Å². The van der Waals surface area contributed by atoms with Gasteiger partial charge in [-0.2, -0.15) is 0 Å². The molecule has 1 N–H and O–H groups in total. The second-order valence-corrected chi connectivity index (χ2v) is 5.10. The minimum absolute atomic E-state index is 0.192. The molecule has 0 aliphatic carbocycles. The van der Waals surface area contributed by atoms with Crippen LogP contribution in [0.5, 0.6) is 0 Å². The van der Waals surface area contributed by atoms with Crippen molar-refractivity contribution in [2.45, 2.75) is 26.3 Å². The second-order valence-electron chi connectivity index (χ2n) is 5.10. The van der Waals surface area contributed by atoms with E-state index in [1.807, 2.05) is 19.1 Å². The third-order valence-corrected chi connectivity index (χ3v) is 3.34. The van der Waals surface area contributed by atoms with Gasteiger partial charge in [0.05, 0.1) is 5.56 Å². The highest BCUT2D eigenvalue weighted by atomic mass is 19.1. The molecule has 0 heterocycles. The van der Waals surface area contributed by atoms with E-state index < -0.39 is 17.5 Å². The number of halogens is 3. The van der Waals surface area contributed by atoms with Crippen molar-refractivity contribution in [2.24, 2.45) is 0 Å². The quantitative estimate of drug-likeness (QED) is 0.866. The Morgan fingerprint density at radius 2 is 1.57 bits per heavy atom. The standard InChI is InChI=1S/C17H18F3N/c1-3-21-11(2)8-12-4-6-13(7-5-12)17-15(19)9-14(18)10-16(17)20/h4-7,9-11,21H,3,8H2,1-2H3. The van der Waals surface area contributed by atoms with E-state index in [-0.39, 0.29) is 5.56 Å². The number of benzene rings is 2. The molecule has 0 saturated carbocycles. The predicted molar refractivity (Wildman–Crippen MR) is 78.6 cm³/mol. The molecule has 21 heavy (non-hydrogen) atoms. The van der Waals surface area contributed by atoms with Gasteiger partial charge in [-0.15, -0.1) is 0 Å². The zero-order valence-electron chi connectivity index (χ0n) is 12.1. The monoisotopic (exact) mass is 293 g/mol.